The Hall–Kier alpha value is -2.03. The first kappa shape index (κ1) is 20.7. The molecule has 0 N–H and O–H groups in total. The van der Waals surface area contributed by atoms with Gasteiger partial charge < -0.3 is 4.74 Å². The number of benzene rings is 1. The summed E-state index contributed by atoms with van der Waals surface area (Å²) in [4.78, 5) is 16.3. The zero-order valence-corrected chi connectivity index (χ0v) is 17.5. The summed E-state index contributed by atoms with van der Waals surface area (Å²) in [5, 5.41) is 2.78. The number of carbonyl (C=O) groups is 1. The van der Waals surface area contributed by atoms with Crippen LogP contribution in [0, 0.1) is 6.92 Å². The molecule has 1 aliphatic rings. The molecule has 0 atom stereocenters. The van der Waals surface area contributed by atoms with Gasteiger partial charge in [0.05, 0.1) is 15.6 Å². The highest BCUT2D eigenvalue weighted by atomic mass is 32.2. The normalized spacial score (nSPS) is 16.2. The van der Waals surface area contributed by atoms with Crippen molar-refractivity contribution in [3.05, 3.63) is 52.0 Å². The Bertz CT molecular complexity index is 925. The minimum atomic E-state index is -3.46. The van der Waals surface area contributed by atoms with E-state index in [9.17, 15) is 13.2 Å². The quantitative estimate of drug-likeness (QED) is 0.525. The van der Waals surface area contributed by atoms with Gasteiger partial charge in [0.2, 0.25) is 10.0 Å². The van der Waals surface area contributed by atoms with Crippen LogP contribution in [-0.2, 0) is 26.2 Å². The van der Waals surface area contributed by atoms with Crippen LogP contribution in [0.4, 0.5) is 0 Å². The lowest BCUT2D eigenvalue weighted by molar-refractivity contribution is -0.139. The van der Waals surface area contributed by atoms with Gasteiger partial charge in [-0.2, -0.15) is 4.31 Å². The monoisotopic (exact) mass is 420 g/mol. The van der Waals surface area contributed by atoms with E-state index in [4.69, 9.17) is 4.74 Å². The Morgan fingerprint density at radius 3 is 2.46 bits per heavy atom. The molecular formula is C20H24N2O4S2. The summed E-state index contributed by atoms with van der Waals surface area (Å²) >= 11 is 1.51. The molecule has 0 unspecified atom stereocenters. The van der Waals surface area contributed by atoms with E-state index in [2.05, 4.69) is 4.98 Å². The van der Waals surface area contributed by atoms with E-state index in [1.165, 1.54) is 17.4 Å². The van der Waals surface area contributed by atoms with E-state index in [0.29, 0.717) is 13.1 Å². The maximum Gasteiger partial charge on any atom is 0.331 e. The first-order chi connectivity index (χ1) is 13.4. The summed E-state index contributed by atoms with van der Waals surface area (Å²) in [6.07, 6.45) is 6.90. The fourth-order valence-electron chi connectivity index (χ4n) is 3.01. The van der Waals surface area contributed by atoms with Gasteiger partial charge in [-0.25, -0.2) is 18.2 Å². The molecule has 150 valence electrons. The van der Waals surface area contributed by atoms with E-state index in [1.807, 2.05) is 12.3 Å². The molecule has 8 heteroatoms. The molecule has 2 aromatic rings. The largest absolute Gasteiger partial charge is 0.456 e. The van der Waals surface area contributed by atoms with E-state index < -0.39 is 16.0 Å². The van der Waals surface area contributed by atoms with Crippen LogP contribution in [0.5, 0.6) is 0 Å². The third-order valence-electron chi connectivity index (χ3n) is 4.52. The highest BCUT2D eigenvalue weighted by Crippen LogP contribution is 2.21. The third kappa shape index (κ3) is 5.50. The van der Waals surface area contributed by atoms with Crippen LogP contribution in [0.15, 0.2) is 40.6 Å². The first-order valence-electron chi connectivity index (χ1n) is 9.31. The molecule has 0 aliphatic carbocycles. The van der Waals surface area contributed by atoms with Gasteiger partial charge in [-0.1, -0.05) is 25.0 Å². The van der Waals surface area contributed by atoms with E-state index in [1.54, 1.807) is 34.6 Å². The smallest absolute Gasteiger partial charge is 0.331 e. The first-order valence-corrected chi connectivity index (χ1v) is 11.6. The minimum Gasteiger partial charge on any atom is -0.456 e. The van der Waals surface area contributed by atoms with E-state index >= 15 is 0 Å². The minimum absolute atomic E-state index is 0.139. The van der Waals surface area contributed by atoms with Crippen molar-refractivity contribution < 1.29 is 17.9 Å². The number of ether oxygens (including phenoxy) is 1. The SMILES string of the molecule is Cc1nc(COC(=O)C=Cc2ccc(S(=O)(=O)N3CCCCCC3)cc2)cs1. The molecule has 0 saturated carbocycles. The van der Waals surface area contributed by atoms with Gasteiger partial charge in [0.1, 0.15) is 6.61 Å². The number of thiazole rings is 1. The summed E-state index contributed by atoms with van der Waals surface area (Å²) in [5.41, 5.74) is 1.46. The lowest BCUT2D eigenvalue weighted by Gasteiger charge is -2.19. The molecule has 0 spiro atoms. The van der Waals surface area contributed by atoms with Gasteiger partial charge in [-0.3, -0.25) is 0 Å². The molecule has 0 radical (unpaired) electrons. The Morgan fingerprint density at radius 1 is 1.18 bits per heavy atom. The number of esters is 1. The van der Waals surface area contributed by atoms with Gasteiger partial charge >= 0.3 is 5.97 Å². The fraction of sp³-hybridized carbons (Fsp3) is 0.400. The zero-order chi connectivity index (χ0) is 20.0. The third-order valence-corrected chi connectivity index (χ3v) is 7.26. The number of nitrogens with zero attached hydrogens (tertiary/aromatic N) is 2. The highest BCUT2D eigenvalue weighted by molar-refractivity contribution is 7.89. The van der Waals surface area contributed by atoms with Crippen LogP contribution in [0.3, 0.4) is 0 Å². The van der Waals surface area contributed by atoms with Crippen molar-refractivity contribution in [3.63, 3.8) is 0 Å². The van der Waals surface area contributed by atoms with Crippen molar-refractivity contribution in [2.75, 3.05) is 13.1 Å². The lowest BCUT2D eigenvalue weighted by atomic mass is 10.2. The molecule has 0 bridgehead atoms. The molecule has 1 saturated heterocycles. The van der Waals surface area contributed by atoms with Crippen molar-refractivity contribution in [2.45, 2.75) is 44.1 Å². The Balaban J connectivity index is 1.58. The number of hydrogen-bond acceptors (Lipinski definition) is 6. The maximum absolute atomic E-state index is 12.8. The molecule has 1 aromatic carbocycles. The predicted octanol–water partition coefficient (Wildman–Crippen LogP) is 3.77. The maximum atomic E-state index is 12.8. The van der Waals surface area contributed by atoms with Crippen LogP contribution in [0.2, 0.25) is 0 Å². The number of rotatable bonds is 6. The second kappa shape index (κ2) is 9.45. The van der Waals surface area contributed by atoms with Crippen LogP contribution in [0.1, 0.15) is 41.9 Å². The zero-order valence-electron chi connectivity index (χ0n) is 15.8. The number of hydrogen-bond donors (Lipinski definition) is 0. The van der Waals surface area contributed by atoms with Crippen molar-refractivity contribution >= 4 is 33.4 Å². The molecule has 6 nitrogen and oxygen atoms in total. The van der Waals surface area contributed by atoms with Crippen molar-refractivity contribution in [1.29, 1.82) is 0 Å². The van der Waals surface area contributed by atoms with Gasteiger partial charge in [-0.05, 0) is 43.5 Å². The number of sulfonamides is 1. The Kier molecular flexibility index (Phi) is 6.98. The fourth-order valence-corrected chi connectivity index (χ4v) is 5.13. The molecular weight excluding hydrogens is 396 g/mol. The number of carbonyl (C=O) groups excluding carboxylic acids is 1. The van der Waals surface area contributed by atoms with Crippen LogP contribution < -0.4 is 0 Å². The highest BCUT2D eigenvalue weighted by Gasteiger charge is 2.24. The average molecular weight is 421 g/mol. The summed E-state index contributed by atoms with van der Waals surface area (Å²) < 4.78 is 32.3. The average Bonchev–Trinajstić information content (AvgIpc) is 2.93. The molecule has 1 fully saturated rings. The number of aromatic nitrogens is 1. The molecule has 0 amide bonds. The lowest BCUT2D eigenvalue weighted by Crippen LogP contribution is -2.31. The topological polar surface area (TPSA) is 76.6 Å². The molecule has 1 aliphatic heterocycles. The number of aryl methyl sites for hydroxylation is 1. The standard InChI is InChI=1S/C20H24N2O4S2/c1-16-21-18(15-27-16)14-26-20(23)11-8-17-6-9-19(10-7-17)28(24,25)22-12-4-2-3-5-13-22/h6-11,15H,2-5,12-14H2,1H3. The van der Waals surface area contributed by atoms with Crippen molar-refractivity contribution in [2.24, 2.45) is 0 Å². The molecule has 2 heterocycles. The van der Waals surface area contributed by atoms with Gasteiger partial charge in [0.25, 0.3) is 0 Å². The van der Waals surface area contributed by atoms with E-state index in [-0.39, 0.29) is 11.5 Å². The molecule has 1 aromatic heterocycles. The predicted molar refractivity (Wildman–Crippen MR) is 109 cm³/mol. The van der Waals surface area contributed by atoms with Crippen LogP contribution in [-0.4, -0.2) is 36.8 Å². The van der Waals surface area contributed by atoms with Crippen molar-refractivity contribution in [3.8, 4) is 0 Å². The van der Waals surface area contributed by atoms with Gasteiger partial charge in [-0.15, -0.1) is 11.3 Å². The summed E-state index contributed by atoms with van der Waals surface area (Å²) in [5.74, 6) is -0.466. The van der Waals surface area contributed by atoms with Crippen LogP contribution in [0.25, 0.3) is 6.08 Å². The second-order valence-electron chi connectivity index (χ2n) is 6.69. The van der Waals surface area contributed by atoms with Gasteiger partial charge in [0.15, 0.2) is 0 Å². The summed E-state index contributed by atoms with van der Waals surface area (Å²) in [6.45, 7) is 3.19. The van der Waals surface area contributed by atoms with Crippen LogP contribution >= 0.6 is 11.3 Å². The Labute approximate surface area is 169 Å². The molecule has 28 heavy (non-hydrogen) atoms. The van der Waals surface area contributed by atoms with Gasteiger partial charge in [0, 0.05) is 24.5 Å². The summed E-state index contributed by atoms with van der Waals surface area (Å²) in [6, 6.07) is 6.56. The summed E-state index contributed by atoms with van der Waals surface area (Å²) in [7, 11) is -3.46. The van der Waals surface area contributed by atoms with Crippen molar-refractivity contribution in [1.82, 2.24) is 9.29 Å². The second-order valence-corrected chi connectivity index (χ2v) is 9.69. The Morgan fingerprint density at radius 2 is 1.86 bits per heavy atom. The molecule has 3 rings (SSSR count). The van der Waals surface area contributed by atoms with E-state index in [0.717, 1.165) is 41.9 Å².